The van der Waals surface area contributed by atoms with E-state index in [9.17, 15) is 0 Å². The third-order valence-electron chi connectivity index (χ3n) is 3.44. The van der Waals surface area contributed by atoms with Gasteiger partial charge in [-0.3, -0.25) is 0 Å². The van der Waals surface area contributed by atoms with Crippen molar-refractivity contribution in [1.29, 1.82) is 0 Å². The highest BCUT2D eigenvalue weighted by atomic mass is 15.1. The number of guanidine groups is 1. The van der Waals surface area contributed by atoms with Gasteiger partial charge in [0.05, 0.1) is 0 Å². The molecular weight excluding hydrogens is 248 g/mol. The Morgan fingerprint density at radius 3 is 2.70 bits per heavy atom. The van der Waals surface area contributed by atoms with E-state index in [0.29, 0.717) is 11.8 Å². The number of fused-ring (bicyclic) bond motifs is 1. The number of rotatable bonds is 2. The van der Waals surface area contributed by atoms with Crippen molar-refractivity contribution in [2.45, 2.75) is 25.7 Å². The summed E-state index contributed by atoms with van der Waals surface area (Å²) in [5.74, 6) is 1.03. The molecule has 1 heterocycles. The summed E-state index contributed by atoms with van der Waals surface area (Å²) in [6.45, 7) is 0. The zero-order chi connectivity index (χ0) is 13.8. The van der Waals surface area contributed by atoms with Crippen molar-refractivity contribution in [2.75, 3.05) is 5.32 Å². The summed E-state index contributed by atoms with van der Waals surface area (Å²) in [6, 6.07) is 13.8. The lowest BCUT2D eigenvalue weighted by Gasteiger charge is -2.14. The van der Waals surface area contributed by atoms with E-state index in [2.05, 4.69) is 21.4 Å². The Bertz CT molecular complexity index is 620. The maximum atomic E-state index is 5.91. The van der Waals surface area contributed by atoms with Crippen molar-refractivity contribution >= 4 is 17.5 Å². The molecule has 4 nitrogen and oxygen atoms in total. The molecule has 1 aliphatic rings. The number of pyridine rings is 1. The van der Waals surface area contributed by atoms with Gasteiger partial charge in [-0.05, 0) is 49.4 Å². The Balaban J connectivity index is 1.77. The van der Waals surface area contributed by atoms with Gasteiger partial charge in [0.2, 0.25) is 0 Å². The van der Waals surface area contributed by atoms with Gasteiger partial charge >= 0.3 is 0 Å². The molecule has 0 spiro atoms. The van der Waals surface area contributed by atoms with Gasteiger partial charge in [-0.2, -0.15) is 4.99 Å². The molecule has 4 heteroatoms. The number of hydrogen-bond acceptors (Lipinski definition) is 2. The first kappa shape index (κ1) is 12.7. The number of nitrogens with one attached hydrogen (secondary N) is 1. The van der Waals surface area contributed by atoms with Gasteiger partial charge in [-0.15, -0.1) is 0 Å². The molecule has 0 unspecified atom stereocenters. The number of anilines is 1. The maximum absolute atomic E-state index is 5.91. The summed E-state index contributed by atoms with van der Waals surface area (Å²) in [4.78, 5) is 8.92. The van der Waals surface area contributed by atoms with Gasteiger partial charge in [0, 0.05) is 11.4 Å². The Hall–Kier alpha value is -2.36. The van der Waals surface area contributed by atoms with Gasteiger partial charge in [-0.25, -0.2) is 4.98 Å². The molecule has 0 aliphatic heterocycles. The number of aliphatic imine (C=N–C) groups is 1. The van der Waals surface area contributed by atoms with Crippen molar-refractivity contribution in [2.24, 2.45) is 10.7 Å². The molecule has 0 fully saturated rings. The fraction of sp³-hybridized carbons (Fsp3) is 0.250. The molecule has 102 valence electrons. The van der Waals surface area contributed by atoms with E-state index in [1.807, 2.05) is 36.4 Å². The SMILES string of the molecule is NC(=Nc1ccc2c(n1)CCCC2)Nc1ccccc1. The Labute approximate surface area is 118 Å². The third-order valence-corrected chi connectivity index (χ3v) is 3.44. The molecule has 1 aliphatic carbocycles. The normalized spacial score (nSPS) is 14.7. The maximum Gasteiger partial charge on any atom is 0.199 e. The summed E-state index contributed by atoms with van der Waals surface area (Å²) in [6.07, 6.45) is 4.65. The second kappa shape index (κ2) is 5.74. The summed E-state index contributed by atoms with van der Waals surface area (Å²) < 4.78 is 0. The second-order valence-corrected chi connectivity index (χ2v) is 4.97. The quantitative estimate of drug-likeness (QED) is 0.648. The molecule has 0 saturated carbocycles. The lowest BCUT2D eigenvalue weighted by Crippen LogP contribution is -2.22. The van der Waals surface area contributed by atoms with Gasteiger partial charge in [0.1, 0.15) is 0 Å². The van der Waals surface area contributed by atoms with Crippen LogP contribution in [0.4, 0.5) is 11.5 Å². The number of nitrogens with two attached hydrogens (primary N) is 1. The lowest BCUT2D eigenvalue weighted by molar-refractivity contribution is 0.668. The first-order chi connectivity index (χ1) is 9.81. The third kappa shape index (κ3) is 2.96. The number of aryl methyl sites for hydroxylation is 2. The smallest absolute Gasteiger partial charge is 0.199 e. The van der Waals surface area contributed by atoms with Crippen LogP contribution < -0.4 is 11.1 Å². The van der Waals surface area contributed by atoms with E-state index in [1.165, 1.54) is 24.1 Å². The summed E-state index contributed by atoms with van der Waals surface area (Å²) in [5.41, 5.74) is 9.36. The topological polar surface area (TPSA) is 63.3 Å². The van der Waals surface area contributed by atoms with Crippen LogP contribution >= 0.6 is 0 Å². The molecule has 0 radical (unpaired) electrons. The fourth-order valence-corrected chi connectivity index (χ4v) is 2.45. The Kier molecular flexibility index (Phi) is 3.63. The first-order valence-electron chi connectivity index (χ1n) is 6.96. The van der Waals surface area contributed by atoms with Crippen LogP contribution in [0.2, 0.25) is 0 Å². The number of hydrogen-bond donors (Lipinski definition) is 2. The van der Waals surface area contributed by atoms with Crippen LogP contribution in [-0.4, -0.2) is 10.9 Å². The molecular formula is C16H18N4. The van der Waals surface area contributed by atoms with Crippen molar-refractivity contribution in [3.05, 3.63) is 53.7 Å². The highest BCUT2D eigenvalue weighted by molar-refractivity contribution is 5.93. The first-order valence-corrected chi connectivity index (χ1v) is 6.96. The van der Waals surface area contributed by atoms with E-state index >= 15 is 0 Å². The number of aromatic nitrogens is 1. The van der Waals surface area contributed by atoms with Crippen LogP contribution in [0.5, 0.6) is 0 Å². The highest BCUT2D eigenvalue weighted by Crippen LogP contribution is 2.22. The average molecular weight is 266 g/mol. The molecule has 3 rings (SSSR count). The average Bonchev–Trinajstić information content (AvgIpc) is 2.48. The van der Waals surface area contributed by atoms with Crippen molar-refractivity contribution < 1.29 is 0 Å². The molecule has 0 bridgehead atoms. The Morgan fingerprint density at radius 2 is 1.85 bits per heavy atom. The summed E-state index contributed by atoms with van der Waals surface area (Å²) in [7, 11) is 0. The minimum Gasteiger partial charge on any atom is -0.369 e. The molecule has 3 N–H and O–H groups in total. The van der Waals surface area contributed by atoms with Crippen LogP contribution in [0.25, 0.3) is 0 Å². The number of nitrogens with zero attached hydrogens (tertiary/aromatic N) is 2. The molecule has 0 atom stereocenters. The molecule has 0 saturated heterocycles. The van der Waals surface area contributed by atoms with E-state index in [-0.39, 0.29) is 0 Å². The fourth-order valence-electron chi connectivity index (χ4n) is 2.45. The largest absolute Gasteiger partial charge is 0.369 e. The minimum atomic E-state index is 0.361. The van der Waals surface area contributed by atoms with E-state index in [4.69, 9.17) is 5.73 Å². The van der Waals surface area contributed by atoms with Crippen molar-refractivity contribution in [1.82, 2.24) is 4.98 Å². The van der Waals surface area contributed by atoms with Gasteiger partial charge < -0.3 is 11.1 Å². The summed E-state index contributed by atoms with van der Waals surface area (Å²) >= 11 is 0. The lowest BCUT2D eigenvalue weighted by atomic mass is 9.96. The number of benzene rings is 1. The van der Waals surface area contributed by atoms with Gasteiger partial charge in [0.15, 0.2) is 11.8 Å². The Morgan fingerprint density at radius 1 is 1.05 bits per heavy atom. The highest BCUT2D eigenvalue weighted by Gasteiger charge is 2.10. The standard InChI is InChI=1S/C16H18N4/c17-16(18-13-7-2-1-3-8-13)20-15-11-10-12-6-4-5-9-14(12)19-15/h1-3,7-8,10-11H,4-6,9H2,(H3,17,18,19,20). The molecule has 0 amide bonds. The zero-order valence-corrected chi connectivity index (χ0v) is 11.3. The van der Waals surface area contributed by atoms with Crippen LogP contribution in [0, 0.1) is 0 Å². The number of para-hydroxylation sites is 1. The molecule has 20 heavy (non-hydrogen) atoms. The van der Waals surface area contributed by atoms with Crippen molar-refractivity contribution in [3.63, 3.8) is 0 Å². The summed E-state index contributed by atoms with van der Waals surface area (Å²) in [5, 5.41) is 3.06. The van der Waals surface area contributed by atoms with Gasteiger partial charge in [0.25, 0.3) is 0 Å². The van der Waals surface area contributed by atoms with E-state index in [0.717, 1.165) is 18.5 Å². The van der Waals surface area contributed by atoms with Crippen LogP contribution in [0.15, 0.2) is 47.5 Å². The van der Waals surface area contributed by atoms with E-state index < -0.39 is 0 Å². The molecule has 1 aromatic heterocycles. The van der Waals surface area contributed by atoms with Crippen LogP contribution in [-0.2, 0) is 12.8 Å². The zero-order valence-electron chi connectivity index (χ0n) is 11.3. The van der Waals surface area contributed by atoms with E-state index in [1.54, 1.807) is 0 Å². The molecule has 2 aromatic rings. The van der Waals surface area contributed by atoms with Crippen molar-refractivity contribution in [3.8, 4) is 0 Å². The molecule has 1 aromatic carbocycles. The van der Waals surface area contributed by atoms with Crippen LogP contribution in [0.1, 0.15) is 24.1 Å². The monoisotopic (exact) mass is 266 g/mol. The van der Waals surface area contributed by atoms with Gasteiger partial charge in [-0.1, -0.05) is 24.3 Å². The predicted molar refractivity (Wildman–Crippen MR) is 82.2 cm³/mol. The second-order valence-electron chi connectivity index (χ2n) is 4.97. The van der Waals surface area contributed by atoms with Crippen LogP contribution in [0.3, 0.4) is 0 Å². The minimum absolute atomic E-state index is 0.361. The predicted octanol–water partition coefficient (Wildman–Crippen LogP) is 3.02.